The maximum atomic E-state index is 7.10. The molecule has 0 aliphatic rings. The van der Waals surface area contributed by atoms with Crippen LogP contribution in [0.3, 0.4) is 0 Å². The van der Waals surface area contributed by atoms with Crippen LogP contribution in [0.1, 0.15) is 0 Å². The van der Waals surface area contributed by atoms with Gasteiger partial charge in [-0.05, 0) is 110 Å². The number of para-hydroxylation sites is 2. The van der Waals surface area contributed by atoms with Crippen LogP contribution in [-0.2, 0) is 0 Å². The fourth-order valence-electron chi connectivity index (χ4n) is 8.97. The molecule has 59 heavy (non-hydrogen) atoms. The van der Waals surface area contributed by atoms with E-state index in [9.17, 15) is 0 Å². The summed E-state index contributed by atoms with van der Waals surface area (Å²) in [5, 5.41) is 9.15. The minimum atomic E-state index is 0.841. The molecule has 12 rings (SSSR count). The van der Waals surface area contributed by atoms with E-state index in [1.165, 1.54) is 32.8 Å². The fourth-order valence-corrected chi connectivity index (χ4v) is 8.97. The Bertz CT molecular complexity index is 3560. The van der Waals surface area contributed by atoms with Crippen LogP contribution in [0, 0.1) is 0 Å². The average Bonchev–Trinajstić information content (AvgIpc) is 3.88. The number of furan rings is 2. The Morgan fingerprint density at radius 3 is 1.80 bits per heavy atom. The second-order valence-corrected chi connectivity index (χ2v) is 15.3. The minimum Gasteiger partial charge on any atom is -0.456 e. The molecule has 0 bridgehead atoms. The summed E-state index contributed by atoms with van der Waals surface area (Å²) >= 11 is 0. The normalized spacial score (nSPS) is 11.7. The Morgan fingerprint density at radius 1 is 0.288 bits per heavy atom. The molecular formula is C56H35NO2. The van der Waals surface area contributed by atoms with Crippen molar-refractivity contribution in [2.45, 2.75) is 0 Å². The van der Waals surface area contributed by atoms with Crippen molar-refractivity contribution in [3.8, 4) is 33.4 Å². The molecular weight excluding hydrogens is 719 g/mol. The molecule has 2 heterocycles. The van der Waals surface area contributed by atoms with Gasteiger partial charge in [-0.2, -0.15) is 0 Å². The van der Waals surface area contributed by atoms with E-state index in [0.717, 1.165) is 83.0 Å². The lowest BCUT2D eigenvalue weighted by molar-refractivity contribution is 0.669. The van der Waals surface area contributed by atoms with Crippen molar-refractivity contribution >= 4 is 82.5 Å². The Balaban J connectivity index is 1.04. The standard InChI is InChI=1S/C56H35NO2/c1-2-12-36(13-3-1)40-16-10-17-44(33-40)57(43-29-26-38(27-30-43)41-28-31-47-46-19-8-9-23-53(46)58-54(47)34-41)52-22-11-21-49-51-35-50(42-25-24-37-14-4-5-15-39(37)32-42)45-18-6-7-20-48(45)55(51)59-56(49)52/h1-35H. The topological polar surface area (TPSA) is 29.5 Å². The van der Waals surface area contributed by atoms with Crippen LogP contribution < -0.4 is 4.90 Å². The molecule has 3 nitrogen and oxygen atoms in total. The van der Waals surface area contributed by atoms with Gasteiger partial charge in [-0.15, -0.1) is 0 Å². The first kappa shape index (κ1) is 33.3. The average molecular weight is 754 g/mol. The van der Waals surface area contributed by atoms with Crippen molar-refractivity contribution in [3.05, 3.63) is 212 Å². The van der Waals surface area contributed by atoms with E-state index in [4.69, 9.17) is 8.83 Å². The van der Waals surface area contributed by atoms with E-state index < -0.39 is 0 Å². The predicted octanol–water partition coefficient (Wildman–Crippen LogP) is 16.3. The Kier molecular flexibility index (Phi) is 7.54. The highest BCUT2D eigenvalue weighted by atomic mass is 16.3. The summed E-state index contributed by atoms with van der Waals surface area (Å²) in [5.41, 5.74) is 13.5. The summed E-state index contributed by atoms with van der Waals surface area (Å²) in [6.45, 7) is 0. The molecule has 0 saturated carbocycles. The van der Waals surface area contributed by atoms with Crippen LogP contribution in [0.2, 0.25) is 0 Å². The number of hydrogen-bond acceptors (Lipinski definition) is 3. The van der Waals surface area contributed by atoms with Gasteiger partial charge in [0.2, 0.25) is 0 Å². The third-order valence-electron chi connectivity index (χ3n) is 11.8. The monoisotopic (exact) mass is 753 g/mol. The molecule has 12 aromatic rings. The molecule has 0 saturated heterocycles. The fraction of sp³-hybridized carbons (Fsp3) is 0. The zero-order chi connectivity index (χ0) is 38.9. The largest absolute Gasteiger partial charge is 0.456 e. The highest BCUT2D eigenvalue weighted by Crippen LogP contribution is 2.46. The lowest BCUT2D eigenvalue weighted by Gasteiger charge is -2.26. The molecule has 2 aromatic heterocycles. The summed E-state index contributed by atoms with van der Waals surface area (Å²) in [4.78, 5) is 2.33. The summed E-state index contributed by atoms with van der Waals surface area (Å²) in [5.74, 6) is 0. The van der Waals surface area contributed by atoms with E-state index in [1.807, 2.05) is 12.1 Å². The lowest BCUT2D eigenvalue weighted by atomic mass is 9.94. The first-order valence-corrected chi connectivity index (χ1v) is 20.1. The van der Waals surface area contributed by atoms with Gasteiger partial charge in [0.25, 0.3) is 0 Å². The van der Waals surface area contributed by atoms with Crippen molar-refractivity contribution in [2.75, 3.05) is 4.90 Å². The zero-order valence-electron chi connectivity index (χ0n) is 32.0. The van der Waals surface area contributed by atoms with Crippen molar-refractivity contribution in [1.82, 2.24) is 0 Å². The maximum Gasteiger partial charge on any atom is 0.159 e. The molecule has 0 amide bonds. The van der Waals surface area contributed by atoms with Gasteiger partial charge in [0.1, 0.15) is 16.7 Å². The van der Waals surface area contributed by atoms with Gasteiger partial charge < -0.3 is 13.7 Å². The zero-order valence-corrected chi connectivity index (χ0v) is 32.0. The van der Waals surface area contributed by atoms with Gasteiger partial charge in [0.15, 0.2) is 5.58 Å². The Morgan fingerprint density at radius 2 is 0.915 bits per heavy atom. The first-order valence-electron chi connectivity index (χ1n) is 20.1. The molecule has 0 fully saturated rings. The number of rotatable bonds is 6. The maximum absolute atomic E-state index is 7.10. The number of anilines is 3. The molecule has 0 aliphatic carbocycles. The van der Waals surface area contributed by atoms with Crippen LogP contribution >= 0.6 is 0 Å². The van der Waals surface area contributed by atoms with Crippen LogP contribution in [0.5, 0.6) is 0 Å². The van der Waals surface area contributed by atoms with Gasteiger partial charge >= 0.3 is 0 Å². The summed E-state index contributed by atoms with van der Waals surface area (Å²) in [6.07, 6.45) is 0. The van der Waals surface area contributed by atoms with Gasteiger partial charge in [-0.1, -0.05) is 152 Å². The van der Waals surface area contributed by atoms with Crippen molar-refractivity contribution < 1.29 is 8.83 Å². The molecule has 0 spiro atoms. The first-order chi connectivity index (χ1) is 29.2. The highest BCUT2D eigenvalue weighted by molar-refractivity contribution is 6.21. The van der Waals surface area contributed by atoms with Crippen LogP contribution in [0.4, 0.5) is 17.1 Å². The Labute approximate surface area is 340 Å². The van der Waals surface area contributed by atoms with E-state index in [1.54, 1.807) is 0 Å². The molecule has 276 valence electrons. The van der Waals surface area contributed by atoms with Crippen molar-refractivity contribution in [3.63, 3.8) is 0 Å². The number of fused-ring (bicyclic) bond motifs is 9. The number of nitrogens with zero attached hydrogens (tertiary/aromatic N) is 1. The Hall–Kier alpha value is -7.88. The van der Waals surface area contributed by atoms with Gasteiger partial charge in [-0.3, -0.25) is 0 Å². The second kappa shape index (κ2) is 13.4. The van der Waals surface area contributed by atoms with Gasteiger partial charge in [-0.25, -0.2) is 0 Å². The molecule has 3 heteroatoms. The summed E-state index contributed by atoms with van der Waals surface area (Å²) in [7, 11) is 0. The minimum absolute atomic E-state index is 0.841. The number of benzene rings is 10. The molecule has 0 radical (unpaired) electrons. The molecule has 0 N–H and O–H groups in total. The summed E-state index contributed by atoms with van der Waals surface area (Å²) in [6, 6.07) is 75.7. The SMILES string of the molecule is c1ccc(-c2cccc(N(c3ccc(-c4ccc5c(c4)oc4ccccc45)cc3)c3cccc4c3oc3c5ccccc5c(-c5ccc6ccccc6c5)cc43)c2)cc1. The van der Waals surface area contributed by atoms with E-state index >= 15 is 0 Å². The van der Waals surface area contributed by atoms with E-state index in [2.05, 4.69) is 205 Å². The molecule has 0 aliphatic heterocycles. The third kappa shape index (κ3) is 5.51. The van der Waals surface area contributed by atoms with Crippen LogP contribution in [0.25, 0.3) is 98.8 Å². The third-order valence-corrected chi connectivity index (χ3v) is 11.8. The van der Waals surface area contributed by atoms with Gasteiger partial charge in [0, 0.05) is 38.3 Å². The van der Waals surface area contributed by atoms with Gasteiger partial charge in [0.05, 0.1) is 5.69 Å². The smallest absolute Gasteiger partial charge is 0.159 e. The quantitative estimate of drug-likeness (QED) is 0.169. The van der Waals surface area contributed by atoms with Crippen LogP contribution in [0.15, 0.2) is 221 Å². The molecule has 0 unspecified atom stereocenters. The number of hydrogen-bond donors (Lipinski definition) is 0. The van der Waals surface area contributed by atoms with Crippen molar-refractivity contribution in [1.29, 1.82) is 0 Å². The van der Waals surface area contributed by atoms with Crippen molar-refractivity contribution in [2.24, 2.45) is 0 Å². The van der Waals surface area contributed by atoms with Crippen LogP contribution in [-0.4, -0.2) is 0 Å². The van der Waals surface area contributed by atoms with E-state index in [0.29, 0.717) is 0 Å². The molecule has 10 aromatic carbocycles. The summed E-state index contributed by atoms with van der Waals surface area (Å²) < 4.78 is 13.4. The molecule has 0 atom stereocenters. The predicted molar refractivity (Wildman–Crippen MR) is 247 cm³/mol. The second-order valence-electron chi connectivity index (χ2n) is 15.3. The highest BCUT2D eigenvalue weighted by Gasteiger charge is 2.22. The lowest BCUT2D eigenvalue weighted by Crippen LogP contribution is -2.10. The van der Waals surface area contributed by atoms with E-state index in [-0.39, 0.29) is 0 Å².